The van der Waals surface area contributed by atoms with Crippen molar-refractivity contribution >= 4 is 0 Å². The van der Waals surface area contributed by atoms with Crippen molar-refractivity contribution in [2.45, 2.75) is 38.5 Å². The predicted molar refractivity (Wildman–Crippen MR) is 83.9 cm³/mol. The molecule has 2 saturated heterocycles. The van der Waals surface area contributed by atoms with E-state index in [1.165, 1.54) is 77.8 Å². The van der Waals surface area contributed by atoms with Crippen LogP contribution >= 0.6 is 0 Å². The second kappa shape index (κ2) is 9.72. The Morgan fingerprint density at radius 3 is 2.45 bits per heavy atom. The van der Waals surface area contributed by atoms with E-state index < -0.39 is 0 Å². The van der Waals surface area contributed by atoms with E-state index in [1.807, 2.05) is 0 Å². The van der Waals surface area contributed by atoms with Crippen LogP contribution < -0.4 is 5.73 Å². The molecule has 0 aromatic carbocycles. The first kappa shape index (κ1) is 16.2. The van der Waals surface area contributed by atoms with Gasteiger partial charge < -0.3 is 20.3 Å². The molecule has 2 aliphatic heterocycles. The van der Waals surface area contributed by atoms with Crippen LogP contribution in [-0.2, 0) is 4.74 Å². The van der Waals surface area contributed by atoms with Gasteiger partial charge in [0.25, 0.3) is 0 Å². The topological polar surface area (TPSA) is 41.7 Å². The fraction of sp³-hybridized carbons (Fsp3) is 1.00. The van der Waals surface area contributed by atoms with Gasteiger partial charge in [-0.1, -0.05) is 6.42 Å². The molecule has 4 nitrogen and oxygen atoms in total. The fourth-order valence-electron chi connectivity index (χ4n) is 3.38. The van der Waals surface area contributed by atoms with Gasteiger partial charge in [0.1, 0.15) is 0 Å². The SMILES string of the molecule is NCCCCCN1CCCN(CC2CCOCC2)CC1. The van der Waals surface area contributed by atoms with Gasteiger partial charge in [-0.3, -0.25) is 0 Å². The van der Waals surface area contributed by atoms with Crippen LogP contribution in [0, 0.1) is 5.92 Å². The number of unbranched alkanes of at least 4 members (excludes halogenated alkanes) is 2. The molecular weight excluding hydrogens is 250 g/mol. The van der Waals surface area contributed by atoms with E-state index in [0.717, 1.165) is 25.7 Å². The molecule has 2 rings (SSSR count). The van der Waals surface area contributed by atoms with Crippen LogP contribution in [0.3, 0.4) is 0 Å². The summed E-state index contributed by atoms with van der Waals surface area (Å²) in [5.74, 6) is 0.875. The Labute approximate surface area is 124 Å². The highest BCUT2D eigenvalue weighted by Crippen LogP contribution is 2.17. The fourth-order valence-corrected chi connectivity index (χ4v) is 3.38. The molecule has 20 heavy (non-hydrogen) atoms. The van der Waals surface area contributed by atoms with E-state index in [2.05, 4.69) is 9.80 Å². The van der Waals surface area contributed by atoms with Crippen molar-refractivity contribution in [1.29, 1.82) is 0 Å². The van der Waals surface area contributed by atoms with E-state index in [0.29, 0.717) is 0 Å². The Bertz CT molecular complexity index is 244. The monoisotopic (exact) mass is 283 g/mol. The number of nitrogens with two attached hydrogens (primary N) is 1. The summed E-state index contributed by atoms with van der Waals surface area (Å²) in [6.07, 6.45) is 7.65. The number of ether oxygens (including phenoxy) is 1. The molecule has 2 aliphatic rings. The maximum Gasteiger partial charge on any atom is 0.0469 e. The standard InChI is InChI=1S/C16H33N3O/c17-7-2-1-3-8-18-9-4-10-19(12-11-18)15-16-5-13-20-14-6-16/h16H,1-15,17H2. The van der Waals surface area contributed by atoms with Crippen molar-refractivity contribution in [3.8, 4) is 0 Å². The third-order valence-corrected chi connectivity index (χ3v) is 4.72. The largest absolute Gasteiger partial charge is 0.381 e. The lowest BCUT2D eigenvalue weighted by molar-refractivity contribution is 0.0530. The molecule has 0 aromatic heterocycles. The van der Waals surface area contributed by atoms with Gasteiger partial charge in [-0.15, -0.1) is 0 Å². The molecule has 0 spiro atoms. The summed E-state index contributed by atoms with van der Waals surface area (Å²) in [6.45, 7) is 10.5. The molecule has 0 atom stereocenters. The van der Waals surface area contributed by atoms with Crippen molar-refractivity contribution < 1.29 is 4.74 Å². The lowest BCUT2D eigenvalue weighted by atomic mass is 10.00. The van der Waals surface area contributed by atoms with Gasteiger partial charge in [-0.2, -0.15) is 0 Å². The lowest BCUT2D eigenvalue weighted by Gasteiger charge is -2.29. The van der Waals surface area contributed by atoms with Gasteiger partial charge in [-0.05, 0) is 64.2 Å². The van der Waals surface area contributed by atoms with Crippen LogP contribution in [0.1, 0.15) is 38.5 Å². The van der Waals surface area contributed by atoms with Crippen molar-refractivity contribution in [3.63, 3.8) is 0 Å². The van der Waals surface area contributed by atoms with E-state index in [1.54, 1.807) is 0 Å². The maximum atomic E-state index is 5.55. The van der Waals surface area contributed by atoms with E-state index >= 15 is 0 Å². The molecule has 0 unspecified atom stereocenters. The zero-order valence-corrected chi connectivity index (χ0v) is 13.1. The van der Waals surface area contributed by atoms with Gasteiger partial charge in [-0.25, -0.2) is 0 Å². The number of hydrogen-bond donors (Lipinski definition) is 1. The predicted octanol–water partition coefficient (Wildman–Crippen LogP) is 1.55. The van der Waals surface area contributed by atoms with Crippen LogP contribution in [0.5, 0.6) is 0 Å². The minimum absolute atomic E-state index is 0.846. The Morgan fingerprint density at radius 2 is 1.65 bits per heavy atom. The van der Waals surface area contributed by atoms with Crippen LogP contribution in [0.4, 0.5) is 0 Å². The molecule has 0 bridgehead atoms. The summed E-state index contributed by atoms with van der Waals surface area (Å²) >= 11 is 0. The molecule has 0 aromatic rings. The van der Waals surface area contributed by atoms with Crippen LogP contribution in [-0.4, -0.2) is 68.8 Å². The second-order valence-corrected chi connectivity index (χ2v) is 6.40. The average molecular weight is 283 g/mol. The number of nitrogens with zero attached hydrogens (tertiary/aromatic N) is 2. The van der Waals surface area contributed by atoms with E-state index in [9.17, 15) is 0 Å². The zero-order valence-electron chi connectivity index (χ0n) is 13.1. The van der Waals surface area contributed by atoms with Crippen LogP contribution in [0.15, 0.2) is 0 Å². The molecule has 2 heterocycles. The third-order valence-electron chi connectivity index (χ3n) is 4.72. The van der Waals surface area contributed by atoms with Crippen molar-refractivity contribution in [2.75, 3.05) is 59.0 Å². The molecule has 0 aliphatic carbocycles. The van der Waals surface area contributed by atoms with Crippen molar-refractivity contribution in [3.05, 3.63) is 0 Å². The molecule has 118 valence electrons. The van der Waals surface area contributed by atoms with Gasteiger partial charge in [0.05, 0.1) is 0 Å². The summed E-state index contributed by atoms with van der Waals surface area (Å²) in [4.78, 5) is 5.34. The number of rotatable bonds is 7. The van der Waals surface area contributed by atoms with E-state index in [4.69, 9.17) is 10.5 Å². The Balaban J connectivity index is 1.61. The molecule has 2 N–H and O–H groups in total. The van der Waals surface area contributed by atoms with Gasteiger partial charge in [0.15, 0.2) is 0 Å². The molecule has 0 radical (unpaired) electrons. The quantitative estimate of drug-likeness (QED) is 0.720. The Kier molecular flexibility index (Phi) is 7.88. The highest BCUT2D eigenvalue weighted by atomic mass is 16.5. The summed E-state index contributed by atoms with van der Waals surface area (Å²) in [7, 11) is 0. The highest BCUT2D eigenvalue weighted by Gasteiger charge is 2.20. The van der Waals surface area contributed by atoms with Gasteiger partial charge in [0, 0.05) is 32.8 Å². The second-order valence-electron chi connectivity index (χ2n) is 6.40. The van der Waals surface area contributed by atoms with Gasteiger partial charge >= 0.3 is 0 Å². The Hall–Kier alpha value is -0.160. The summed E-state index contributed by atoms with van der Waals surface area (Å²) in [5.41, 5.74) is 5.55. The minimum Gasteiger partial charge on any atom is -0.381 e. The molecular formula is C16H33N3O. The summed E-state index contributed by atoms with van der Waals surface area (Å²) in [6, 6.07) is 0. The van der Waals surface area contributed by atoms with Crippen LogP contribution in [0.25, 0.3) is 0 Å². The zero-order chi connectivity index (χ0) is 14.0. The van der Waals surface area contributed by atoms with Crippen molar-refractivity contribution in [2.24, 2.45) is 11.7 Å². The number of hydrogen-bond acceptors (Lipinski definition) is 4. The first-order chi connectivity index (χ1) is 9.88. The van der Waals surface area contributed by atoms with E-state index in [-0.39, 0.29) is 0 Å². The highest BCUT2D eigenvalue weighted by molar-refractivity contribution is 4.74. The third kappa shape index (κ3) is 6.08. The average Bonchev–Trinajstić information content (AvgIpc) is 2.70. The molecule has 0 amide bonds. The van der Waals surface area contributed by atoms with Crippen molar-refractivity contribution in [1.82, 2.24) is 9.80 Å². The first-order valence-electron chi connectivity index (χ1n) is 8.61. The Morgan fingerprint density at radius 1 is 0.900 bits per heavy atom. The smallest absolute Gasteiger partial charge is 0.0469 e. The molecule has 2 fully saturated rings. The van der Waals surface area contributed by atoms with Crippen LogP contribution in [0.2, 0.25) is 0 Å². The minimum atomic E-state index is 0.846. The summed E-state index contributed by atoms with van der Waals surface area (Å²) in [5, 5.41) is 0. The molecule has 0 saturated carbocycles. The first-order valence-corrected chi connectivity index (χ1v) is 8.61. The summed E-state index contributed by atoms with van der Waals surface area (Å²) < 4.78 is 5.46. The lowest BCUT2D eigenvalue weighted by Crippen LogP contribution is -2.35. The molecule has 4 heteroatoms. The normalized spacial score (nSPS) is 23.9. The van der Waals surface area contributed by atoms with Gasteiger partial charge in [0.2, 0.25) is 0 Å². The maximum absolute atomic E-state index is 5.55.